The molecule has 0 fully saturated rings. The van der Waals surface area contributed by atoms with Gasteiger partial charge in [0.25, 0.3) is 0 Å². The van der Waals surface area contributed by atoms with E-state index in [2.05, 4.69) is 36.8 Å². The number of hydrogen-bond donors (Lipinski definition) is 1. The molecule has 12 heavy (non-hydrogen) atoms. The van der Waals surface area contributed by atoms with Crippen molar-refractivity contribution < 1.29 is 0 Å². The smallest absolute Gasteiger partial charge is 0.119 e. The molecule has 68 valence electrons. The van der Waals surface area contributed by atoms with E-state index >= 15 is 0 Å². The van der Waals surface area contributed by atoms with Gasteiger partial charge in [-0.25, -0.2) is 4.98 Å². The molecule has 0 radical (unpaired) electrons. The molecule has 1 aromatic heterocycles. The van der Waals surface area contributed by atoms with Gasteiger partial charge in [0.15, 0.2) is 0 Å². The number of thioether (sulfide) groups is 1. The van der Waals surface area contributed by atoms with E-state index in [0.29, 0.717) is 0 Å². The molecule has 0 saturated heterocycles. The first-order chi connectivity index (χ1) is 5.56. The van der Waals surface area contributed by atoms with Crippen LogP contribution in [0.4, 0.5) is 0 Å². The highest BCUT2D eigenvalue weighted by Crippen LogP contribution is 2.40. The van der Waals surface area contributed by atoms with Gasteiger partial charge in [-0.15, -0.1) is 23.1 Å². The van der Waals surface area contributed by atoms with Crippen LogP contribution in [-0.2, 0) is 4.08 Å². The molecule has 0 bridgehead atoms. The Kier molecular flexibility index (Phi) is 3.49. The maximum absolute atomic E-state index is 4.58. The van der Waals surface area contributed by atoms with E-state index < -0.39 is 0 Å². The van der Waals surface area contributed by atoms with Gasteiger partial charge in [-0.2, -0.15) is 12.6 Å². The number of hydrogen-bond acceptors (Lipinski definition) is 4. The van der Waals surface area contributed by atoms with Crippen molar-refractivity contribution in [2.75, 3.05) is 5.75 Å². The molecule has 1 rings (SSSR count). The van der Waals surface area contributed by atoms with E-state index in [1.807, 2.05) is 18.7 Å². The fraction of sp³-hybridized carbons (Fsp3) is 0.625. The number of thiol groups is 1. The molecule has 1 nitrogen and oxygen atoms in total. The van der Waals surface area contributed by atoms with Gasteiger partial charge < -0.3 is 0 Å². The standard InChI is InChI=1S/C8H13NS3/c1-4-12-8(3,10)7-9-6(2)5-11-7/h5,10H,4H2,1-3H3. The highest BCUT2D eigenvalue weighted by Gasteiger charge is 2.24. The molecule has 0 aromatic carbocycles. The highest BCUT2D eigenvalue weighted by atomic mass is 32.2. The van der Waals surface area contributed by atoms with E-state index in [1.165, 1.54) is 0 Å². The Morgan fingerprint density at radius 1 is 1.75 bits per heavy atom. The Labute approximate surface area is 87.4 Å². The minimum absolute atomic E-state index is 0.117. The summed E-state index contributed by atoms with van der Waals surface area (Å²) in [4.78, 5) is 4.42. The van der Waals surface area contributed by atoms with Crippen LogP contribution in [0.15, 0.2) is 5.38 Å². The van der Waals surface area contributed by atoms with Gasteiger partial charge in [-0.3, -0.25) is 0 Å². The topological polar surface area (TPSA) is 12.9 Å². The van der Waals surface area contributed by atoms with Crippen molar-refractivity contribution in [1.29, 1.82) is 0 Å². The van der Waals surface area contributed by atoms with Crippen LogP contribution in [0.5, 0.6) is 0 Å². The lowest BCUT2D eigenvalue weighted by atomic mass is 10.5. The first-order valence-electron chi connectivity index (χ1n) is 3.85. The first-order valence-corrected chi connectivity index (χ1v) is 6.16. The summed E-state index contributed by atoms with van der Waals surface area (Å²) in [7, 11) is 0. The molecule has 0 saturated carbocycles. The average molecular weight is 219 g/mol. The normalized spacial score (nSPS) is 16.0. The molecule has 0 aliphatic rings. The number of rotatable bonds is 3. The van der Waals surface area contributed by atoms with E-state index in [1.54, 1.807) is 11.3 Å². The SMILES string of the molecule is CCSC(C)(S)c1nc(C)cs1. The number of nitrogens with zero attached hydrogens (tertiary/aromatic N) is 1. The van der Waals surface area contributed by atoms with Crippen LogP contribution < -0.4 is 0 Å². The van der Waals surface area contributed by atoms with Crippen molar-refractivity contribution in [3.05, 3.63) is 16.1 Å². The zero-order valence-electron chi connectivity index (χ0n) is 7.50. The molecule has 1 heterocycles. The predicted molar refractivity (Wildman–Crippen MR) is 61.3 cm³/mol. The third-order valence-corrected chi connectivity index (χ3v) is 4.55. The maximum Gasteiger partial charge on any atom is 0.119 e. The van der Waals surface area contributed by atoms with Crippen molar-refractivity contribution in [2.24, 2.45) is 0 Å². The Balaban J connectivity index is 2.81. The lowest BCUT2D eigenvalue weighted by Gasteiger charge is -2.18. The molecule has 1 unspecified atom stereocenters. The van der Waals surface area contributed by atoms with Gasteiger partial charge in [0.05, 0.1) is 0 Å². The average Bonchev–Trinajstić information content (AvgIpc) is 2.36. The number of aromatic nitrogens is 1. The van der Waals surface area contributed by atoms with Crippen LogP contribution in [0.1, 0.15) is 24.5 Å². The van der Waals surface area contributed by atoms with Gasteiger partial charge in [0.1, 0.15) is 9.09 Å². The zero-order chi connectivity index (χ0) is 9.19. The van der Waals surface area contributed by atoms with Gasteiger partial charge in [-0.1, -0.05) is 6.92 Å². The van der Waals surface area contributed by atoms with E-state index in [4.69, 9.17) is 0 Å². The van der Waals surface area contributed by atoms with Gasteiger partial charge >= 0.3 is 0 Å². The second kappa shape index (κ2) is 4.03. The molecule has 0 spiro atoms. The van der Waals surface area contributed by atoms with Crippen LogP contribution >= 0.6 is 35.7 Å². The first kappa shape index (κ1) is 10.4. The quantitative estimate of drug-likeness (QED) is 0.619. The summed E-state index contributed by atoms with van der Waals surface area (Å²) < 4.78 is -0.117. The summed E-state index contributed by atoms with van der Waals surface area (Å²) in [5.74, 6) is 1.07. The molecule has 0 N–H and O–H groups in total. The van der Waals surface area contributed by atoms with E-state index in [9.17, 15) is 0 Å². The maximum atomic E-state index is 4.58. The summed E-state index contributed by atoms with van der Waals surface area (Å²) in [5, 5.41) is 3.18. The van der Waals surface area contributed by atoms with Crippen LogP contribution in [-0.4, -0.2) is 10.7 Å². The van der Waals surface area contributed by atoms with Gasteiger partial charge in [0.2, 0.25) is 0 Å². The molecule has 1 aromatic rings. The van der Waals surface area contributed by atoms with Crippen molar-refractivity contribution in [3.8, 4) is 0 Å². The Bertz CT molecular complexity index is 255. The van der Waals surface area contributed by atoms with Gasteiger partial charge in [-0.05, 0) is 19.6 Å². The zero-order valence-corrected chi connectivity index (χ0v) is 10.0. The summed E-state index contributed by atoms with van der Waals surface area (Å²) in [6.07, 6.45) is 0. The van der Waals surface area contributed by atoms with Gasteiger partial charge in [0, 0.05) is 11.1 Å². The molecule has 0 aliphatic heterocycles. The minimum atomic E-state index is -0.117. The monoisotopic (exact) mass is 219 g/mol. The van der Waals surface area contributed by atoms with Crippen LogP contribution in [0, 0.1) is 6.92 Å². The van der Waals surface area contributed by atoms with Crippen LogP contribution in [0.3, 0.4) is 0 Å². The molecular weight excluding hydrogens is 206 g/mol. The number of aryl methyl sites for hydroxylation is 1. The van der Waals surface area contributed by atoms with Crippen molar-refractivity contribution >= 4 is 35.7 Å². The Morgan fingerprint density at radius 2 is 2.42 bits per heavy atom. The second-order valence-electron chi connectivity index (χ2n) is 2.71. The third-order valence-electron chi connectivity index (χ3n) is 1.44. The third kappa shape index (κ3) is 2.41. The summed E-state index contributed by atoms with van der Waals surface area (Å²) in [6.45, 7) is 6.25. The largest absolute Gasteiger partial charge is 0.244 e. The molecule has 1 atom stereocenters. The van der Waals surface area contributed by atoms with E-state index in [-0.39, 0.29) is 4.08 Å². The lowest BCUT2D eigenvalue weighted by molar-refractivity contribution is 0.978. The minimum Gasteiger partial charge on any atom is -0.244 e. The predicted octanol–water partition coefficient (Wildman–Crippen LogP) is 3.31. The molecule has 4 heteroatoms. The van der Waals surface area contributed by atoms with Crippen LogP contribution in [0.2, 0.25) is 0 Å². The van der Waals surface area contributed by atoms with Crippen molar-refractivity contribution in [3.63, 3.8) is 0 Å². The molecule has 0 aliphatic carbocycles. The van der Waals surface area contributed by atoms with E-state index in [0.717, 1.165) is 16.5 Å². The van der Waals surface area contributed by atoms with Crippen molar-refractivity contribution in [2.45, 2.75) is 24.9 Å². The Hall–Kier alpha value is 0.330. The molecule has 0 amide bonds. The summed E-state index contributed by atoms with van der Waals surface area (Å²) in [5.41, 5.74) is 1.09. The lowest BCUT2D eigenvalue weighted by Crippen LogP contribution is -2.08. The fourth-order valence-electron chi connectivity index (χ4n) is 0.910. The highest BCUT2D eigenvalue weighted by molar-refractivity contribution is 8.10. The summed E-state index contributed by atoms with van der Waals surface area (Å²) in [6, 6.07) is 0. The summed E-state index contributed by atoms with van der Waals surface area (Å²) >= 11 is 8.08. The van der Waals surface area contributed by atoms with Crippen molar-refractivity contribution in [1.82, 2.24) is 4.98 Å². The second-order valence-corrected chi connectivity index (χ2v) is 6.45. The molecular formula is C8H13NS3. The number of thiazole rings is 1. The Morgan fingerprint density at radius 3 is 2.83 bits per heavy atom. The fourth-order valence-corrected chi connectivity index (χ4v) is 3.31. The van der Waals surface area contributed by atoms with Crippen LogP contribution in [0.25, 0.3) is 0 Å².